The number of amides is 1. The van der Waals surface area contributed by atoms with Gasteiger partial charge in [0.1, 0.15) is 0 Å². The van der Waals surface area contributed by atoms with E-state index in [-0.39, 0.29) is 16.8 Å². The van der Waals surface area contributed by atoms with Crippen LogP contribution in [0.15, 0.2) is 46.9 Å². The van der Waals surface area contributed by atoms with Crippen LogP contribution in [0.5, 0.6) is 0 Å². The van der Waals surface area contributed by atoms with Crippen molar-refractivity contribution in [3.05, 3.63) is 63.6 Å². The SMILES string of the molecule is N#Cc1cccc(C(=O)Nc2cc(Br)ccc2C(=O)O)c1. The van der Waals surface area contributed by atoms with Crippen LogP contribution in [0, 0.1) is 11.3 Å². The first kappa shape index (κ1) is 14.8. The van der Waals surface area contributed by atoms with Gasteiger partial charge in [0, 0.05) is 10.0 Å². The van der Waals surface area contributed by atoms with E-state index < -0.39 is 11.9 Å². The number of anilines is 1. The molecule has 0 aliphatic carbocycles. The minimum Gasteiger partial charge on any atom is -0.478 e. The number of rotatable bonds is 3. The smallest absolute Gasteiger partial charge is 0.337 e. The molecule has 0 unspecified atom stereocenters. The van der Waals surface area contributed by atoms with E-state index in [1.807, 2.05) is 6.07 Å². The molecule has 104 valence electrons. The average molecular weight is 345 g/mol. The molecule has 0 aliphatic heterocycles. The second-order valence-corrected chi connectivity index (χ2v) is 5.06. The summed E-state index contributed by atoms with van der Waals surface area (Å²) in [6.45, 7) is 0. The minimum absolute atomic E-state index is 0.0111. The first-order chi connectivity index (χ1) is 10.0. The second-order valence-electron chi connectivity index (χ2n) is 4.14. The average Bonchev–Trinajstić information content (AvgIpc) is 2.47. The zero-order valence-corrected chi connectivity index (χ0v) is 12.2. The summed E-state index contributed by atoms with van der Waals surface area (Å²) in [7, 11) is 0. The second kappa shape index (κ2) is 6.20. The van der Waals surface area contributed by atoms with Crippen LogP contribution in [-0.2, 0) is 0 Å². The molecule has 0 bridgehead atoms. The third-order valence-corrected chi connectivity index (χ3v) is 3.21. The molecule has 0 aromatic heterocycles. The molecule has 5 nitrogen and oxygen atoms in total. The highest BCUT2D eigenvalue weighted by molar-refractivity contribution is 9.10. The molecule has 0 atom stereocenters. The Morgan fingerprint density at radius 2 is 1.95 bits per heavy atom. The van der Waals surface area contributed by atoms with Gasteiger partial charge in [-0.25, -0.2) is 4.79 Å². The summed E-state index contributed by atoms with van der Waals surface area (Å²) >= 11 is 3.23. The van der Waals surface area contributed by atoms with Crippen molar-refractivity contribution in [3.8, 4) is 6.07 Å². The standard InChI is InChI=1S/C15H9BrN2O3/c16-11-4-5-12(15(20)21)13(7-11)18-14(19)10-3-1-2-9(6-10)8-17/h1-7H,(H,18,19)(H,20,21). The van der Waals surface area contributed by atoms with Gasteiger partial charge in [-0.3, -0.25) is 4.79 Å². The first-order valence-corrected chi connectivity index (χ1v) is 6.65. The lowest BCUT2D eigenvalue weighted by atomic mass is 10.1. The topological polar surface area (TPSA) is 90.2 Å². The fraction of sp³-hybridized carbons (Fsp3) is 0. The van der Waals surface area contributed by atoms with Crippen molar-refractivity contribution in [1.82, 2.24) is 0 Å². The molecular weight excluding hydrogens is 336 g/mol. The molecule has 6 heteroatoms. The third-order valence-electron chi connectivity index (χ3n) is 2.71. The van der Waals surface area contributed by atoms with Crippen molar-refractivity contribution < 1.29 is 14.7 Å². The number of nitrogens with one attached hydrogen (secondary N) is 1. The fourth-order valence-electron chi connectivity index (χ4n) is 1.73. The van der Waals surface area contributed by atoms with E-state index in [0.29, 0.717) is 10.0 Å². The van der Waals surface area contributed by atoms with Gasteiger partial charge in [0.25, 0.3) is 5.91 Å². The normalized spacial score (nSPS) is 9.71. The lowest BCUT2D eigenvalue weighted by molar-refractivity contribution is 0.0698. The number of hydrogen-bond acceptors (Lipinski definition) is 3. The van der Waals surface area contributed by atoms with Crippen LogP contribution in [0.2, 0.25) is 0 Å². The Morgan fingerprint density at radius 3 is 2.62 bits per heavy atom. The Balaban J connectivity index is 2.33. The van der Waals surface area contributed by atoms with Crippen molar-refractivity contribution in [2.75, 3.05) is 5.32 Å². The Bertz CT molecular complexity index is 766. The van der Waals surface area contributed by atoms with E-state index >= 15 is 0 Å². The van der Waals surface area contributed by atoms with Gasteiger partial charge in [-0.05, 0) is 36.4 Å². The van der Waals surface area contributed by atoms with Crippen molar-refractivity contribution in [3.63, 3.8) is 0 Å². The van der Waals surface area contributed by atoms with E-state index in [9.17, 15) is 9.59 Å². The molecule has 0 aliphatic rings. The van der Waals surface area contributed by atoms with Crippen LogP contribution in [0.4, 0.5) is 5.69 Å². The monoisotopic (exact) mass is 344 g/mol. The molecule has 0 saturated carbocycles. The maximum Gasteiger partial charge on any atom is 0.337 e. The first-order valence-electron chi connectivity index (χ1n) is 5.85. The Hall–Kier alpha value is -2.65. The van der Waals surface area contributed by atoms with Gasteiger partial charge in [-0.2, -0.15) is 5.26 Å². The summed E-state index contributed by atoms with van der Waals surface area (Å²) in [6, 6.07) is 12.6. The number of benzene rings is 2. The molecule has 0 fully saturated rings. The largest absolute Gasteiger partial charge is 0.478 e. The summed E-state index contributed by atoms with van der Waals surface area (Å²) in [5, 5.41) is 20.5. The predicted octanol–water partition coefficient (Wildman–Crippen LogP) is 3.27. The lowest BCUT2D eigenvalue weighted by Crippen LogP contribution is -2.15. The van der Waals surface area contributed by atoms with E-state index in [2.05, 4.69) is 21.2 Å². The number of hydrogen-bond donors (Lipinski definition) is 2. The molecule has 0 radical (unpaired) electrons. The molecule has 2 rings (SSSR count). The lowest BCUT2D eigenvalue weighted by Gasteiger charge is -2.09. The number of carbonyl (C=O) groups excluding carboxylic acids is 1. The molecule has 21 heavy (non-hydrogen) atoms. The van der Waals surface area contributed by atoms with E-state index in [1.165, 1.54) is 18.2 Å². The highest BCUT2D eigenvalue weighted by Gasteiger charge is 2.14. The number of aromatic carboxylic acids is 1. The maximum absolute atomic E-state index is 12.1. The molecule has 2 aromatic rings. The van der Waals surface area contributed by atoms with Gasteiger partial charge in [0.15, 0.2) is 0 Å². The third kappa shape index (κ3) is 3.46. The molecular formula is C15H9BrN2O3. The van der Waals surface area contributed by atoms with Gasteiger partial charge in [-0.1, -0.05) is 22.0 Å². The van der Waals surface area contributed by atoms with Gasteiger partial charge in [-0.15, -0.1) is 0 Å². The maximum atomic E-state index is 12.1. The number of carbonyl (C=O) groups is 2. The number of halogens is 1. The van der Waals surface area contributed by atoms with Crippen molar-refractivity contribution in [1.29, 1.82) is 5.26 Å². The van der Waals surface area contributed by atoms with E-state index in [1.54, 1.807) is 24.3 Å². The summed E-state index contributed by atoms with van der Waals surface area (Å²) < 4.78 is 0.647. The van der Waals surface area contributed by atoms with Crippen LogP contribution in [0.1, 0.15) is 26.3 Å². The highest BCUT2D eigenvalue weighted by Crippen LogP contribution is 2.22. The molecule has 0 spiro atoms. The summed E-state index contributed by atoms with van der Waals surface area (Å²) in [5.41, 5.74) is 0.813. The Kier molecular flexibility index (Phi) is 4.36. The number of carboxylic acid groups (broad SMARTS) is 1. The van der Waals surface area contributed by atoms with Crippen LogP contribution in [0.3, 0.4) is 0 Å². The number of carboxylic acids is 1. The molecule has 2 N–H and O–H groups in total. The van der Waals surface area contributed by atoms with E-state index in [0.717, 1.165) is 0 Å². The van der Waals surface area contributed by atoms with Crippen molar-refractivity contribution in [2.24, 2.45) is 0 Å². The molecule has 0 heterocycles. The Morgan fingerprint density at radius 1 is 1.19 bits per heavy atom. The van der Waals surface area contributed by atoms with Crippen molar-refractivity contribution in [2.45, 2.75) is 0 Å². The van der Waals surface area contributed by atoms with Gasteiger partial charge in [0.2, 0.25) is 0 Å². The van der Waals surface area contributed by atoms with Gasteiger partial charge >= 0.3 is 5.97 Å². The van der Waals surface area contributed by atoms with Gasteiger partial charge < -0.3 is 10.4 Å². The van der Waals surface area contributed by atoms with Crippen LogP contribution in [-0.4, -0.2) is 17.0 Å². The number of nitriles is 1. The molecule has 1 amide bonds. The highest BCUT2D eigenvalue weighted by atomic mass is 79.9. The van der Waals surface area contributed by atoms with Crippen molar-refractivity contribution >= 4 is 33.5 Å². The zero-order chi connectivity index (χ0) is 15.4. The van der Waals surface area contributed by atoms with Crippen LogP contribution < -0.4 is 5.32 Å². The Labute approximate surface area is 129 Å². The molecule has 2 aromatic carbocycles. The molecule has 0 saturated heterocycles. The summed E-state index contributed by atoms with van der Waals surface area (Å²) in [4.78, 5) is 23.3. The zero-order valence-electron chi connectivity index (χ0n) is 10.6. The van der Waals surface area contributed by atoms with E-state index in [4.69, 9.17) is 10.4 Å². The summed E-state index contributed by atoms with van der Waals surface area (Å²) in [6.07, 6.45) is 0. The predicted molar refractivity (Wildman–Crippen MR) is 80.2 cm³/mol. The fourth-order valence-corrected chi connectivity index (χ4v) is 2.09. The minimum atomic E-state index is -1.14. The summed E-state index contributed by atoms with van der Waals surface area (Å²) in [5.74, 6) is -1.61. The quantitative estimate of drug-likeness (QED) is 0.893. The van der Waals surface area contributed by atoms with Gasteiger partial charge in [0.05, 0.1) is 22.9 Å². The van der Waals surface area contributed by atoms with Crippen LogP contribution in [0.25, 0.3) is 0 Å². The van der Waals surface area contributed by atoms with Crippen LogP contribution >= 0.6 is 15.9 Å². The number of nitrogens with zero attached hydrogens (tertiary/aromatic N) is 1.